The lowest BCUT2D eigenvalue weighted by Crippen LogP contribution is -2.45. The molecule has 2 N–H and O–H groups in total. The van der Waals surface area contributed by atoms with Crippen LogP contribution in [0.1, 0.15) is 40.7 Å². The van der Waals surface area contributed by atoms with E-state index in [1.807, 2.05) is 0 Å². The highest BCUT2D eigenvalue weighted by Crippen LogP contribution is 2.39. The number of fused-ring (bicyclic) bond motifs is 1. The van der Waals surface area contributed by atoms with Crippen molar-refractivity contribution in [1.29, 1.82) is 0 Å². The van der Waals surface area contributed by atoms with Crippen molar-refractivity contribution in [3.05, 3.63) is 65.0 Å². The first-order valence-electron chi connectivity index (χ1n) is 8.19. The summed E-state index contributed by atoms with van der Waals surface area (Å²) in [6, 6.07) is 8.27. The molecule has 3 rings (SSSR count). The molecule has 0 saturated carbocycles. The Balaban J connectivity index is 2.07. The first-order chi connectivity index (χ1) is 12.6. The van der Waals surface area contributed by atoms with Crippen LogP contribution in [0, 0.1) is 5.82 Å². The summed E-state index contributed by atoms with van der Waals surface area (Å²) >= 11 is 0. The van der Waals surface area contributed by atoms with Gasteiger partial charge in [0.05, 0.1) is 11.5 Å². The van der Waals surface area contributed by atoms with E-state index in [1.165, 1.54) is 4.90 Å². The van der Waals surface area contributed by atoms with Gasteiger partial charge in [0, 0.05) is 17.3 Å². The Morgan fingerprint density at radius 1 is 1.15 bits per heavy atom. The van der Waals surface area contributed by atoms with Gasteiger partial charge in [-0.15, -0.1) is 0 Å². The highest BCUT2D eigenvalue weighted by atomic mass is 19.4. The number of nitrogens with zero attached hydrogens (tertiary/aromatic N) is 1. The normalized spacial score (nSPS) is 19.5. The molecule has 0 unspecified atom stereocenters. The smallest absolute Gasteiger partial charge is 0.369 e. The van der Waals surface area contributed by atoms with Crippen LogP contribution in [0.3, 0.4) is 0 Å². The predicted molar refractivity (Wildman–Crippen MR) is 90.7 cm³/mol. The van der Waals surface area contributed by atoms with Crippen molar-refractivity contribution in [1.82, 2.24) is 0 Å². The Bertz CT molecular complexity index is 911. The fraction of sp³-hybridized carbons (Fsp3) is 0.263. The Labute approximate surface area is 152 Å². The quantitative estimate of drug-likeness (QED) is 0.805. The van der Waals surface area contributed by atoms with Crippen LogP contribution in [0.5, 0.6) is 0 Å². The summed E-state index contributed by atoms with van der Waals surface area (Å²) in [5, 5.41) is 0. The Kier molecular flexibility index (Phi) is 4.67. The molecule has 8 heteroatoms. The number of amides is 2. The van der Waals surface area contributed by atoms with Crippen molar-refractivity contribution in [3.63, 3.8) is 0 Å². The average Bonchev–Trinajstić information content (AvgIpc) is 2.59. The van der Waals surface area contributed by atoms with Gasteiger partial charge in [0.15, 0.2) is 0 Å². The van der Waals surface area contributed by atoms with Gasteiger partial charge in [-0.2, -0.15) is 13.2 Å². The summed E-state index contributed by atoms with van der Waals surface area (Å²) in [4.78, 5) is 26.0. The minimum Gasteiger partial charge on any atom is -0.369 e. The summed E-state index contributed by atoms with van der Waals surface area (Å²) in [6.07, 6.45) is -4.67. The number of carbonyl (C=O) groups excluding carboxylic acids is 2. The molecule has 2 aromatic rings. The lowest BCUT2D eigenvalue weighted by atomic mass is 9.85. The predicted octanol–water partition coefficient (Wildman–Crippen LogP) is 3.85. The highest BCUT2D eigenvalue weighted by molar-refractivity contribution is 6.08. The molecule has 2 amide bonds. The first kappa shape index (κ1) is 18.9. The van der Waals surface area contributed by atoms with Gasteiger partial charge in [-0.3, -0.25) is 9.59 Å². The summed E-state index contributed by atoms with van der Waals surface area (Å²) in [5.41, 5.74) is 4.61. The third kappa shape index (κ3) is 3.39. The third-order valence-electron chi connectivity index (χ3n) is 4.67. The van der Waals surface area contributed by atoms with Crippen molar-refractivity contribution in [2.24, 2.45) is 5.73 Å². The molecule has 2 atom stereocenters. The van der Waals surface area contributed by atoms with Gasteiger partial charge in [0.25, 0.3) is 5.91 Å². The maximum atomic E-state index is 13.5. The van der Waals surface area contributed by atoms with E-state index < -0.39 is 41.3 Å². The molecule has 0 radical (unpaired) electrons. The Hall–Kier alpha value is -2.90. The molecule has 0 spiro atoms. The molecule has 0 bridgehead atoms. The van der Waals surface area contributed by atoms with E-state index in [4.69, 9.17) is 5.73 Å². The Morgan fingerprint density at radius 3 is 2.44 bits per heavy atom. The maximum absolute atomic E-state index is 13.5. The number of rotatable bonds is 2. The van der Waals surface area contributed by atoms with E-state index in [-0.39, 0.29) is 12.0 Å². The molecular formula is C19H16F4N2O2. The number of benzene rings is 2. The SMILES string of the molecule is C[C@@H]1C[C@H](C(N)=O)c2ccccc2N1C(=O)c1ccc(F)c(C(F)(F)F)c1. The largest absolute Gasteiger partial charge is 0.419 e. The molecule has 142 valence electrons. The zero-order valence-corrected chi connectivity index (χ0v) is 14.3. The van der Waals surface area contributed by atoms with Crippen molar-refractivity contribution < 1.29 is 27.2 Å². The number of hydrogen-bond donors (Lipinski definition) is 1. The van der Waals surface area contributed by atoms with Gasteiger partial charge in [-0.05, 0) is 43.2 Å². The molecule has 1 aliphatic heterocycles. The van der Waals surface area contributed by atoms with Gasteiger partial charge in [0.1, 0.15) is 5.82 Å². The fourth-order valence-corrected chi connectivity index (χ4v) is 3.41. The van der Waals surface area contributed by atoms with Crippen LogP contribution < -0.4 is 10.6 Å². The summed E-state index contributed by atoms with van der Waals surface area (Å²) in [6.45, 7) is 1.68. The molecule has 2 aromatic carbocycles. The number of halogens is 4. The van der Waals surface area contributed by atoms with Gasteiger partial charge in [-0.25, -0.2) is 4.39 Å². The van der Waals surface area contributed by atoms with E-state index >= 15 is 0 Å². The van der Waals surface area contributed by atoms with E-state index in [1.54, 1.807) is 31.2 Å². The zero-order chi connectivity index (χ0) is 19.9. The number of carbonyl (C=O) groups is 2. The lowest BCUT2D eigenvalue weighted by molar-refractivity contribution is -0.140. The van der Waals surface area contributed by atoms with E-state index in [0.29, 0.717) is 23.4 Å². The third-order valence-corrected chi connectivity index (χ3v) is 4.67. The minimum absolute atomic E-state index is 0.241. The van der Waals surface area contributed by atoms with Gasteiger partial charge in [-0.1, -0.05) is 18.2 Å². The number of anilines is 1. The first-order valence-corrected chi connectivity index (χ1v) is 8.19. The number of nitrogens with two attached hydrogens (primary N) is 1. The summed E-state index contributed by atoms with van der Waals surface area (Å²) in [7, 11) is 0. The second-order valence-electron chi connectivity index (χ2n) is 6.47. The van der Waals surface area contributed by atoms with Crippen molar-refractivity contribution in [2.75, 3.05) is 4.90 Å². The minimum atomic E-state index is -4.91. The molecule has 1 heterocycles. The molecule has 27 heavy (non-hydrogen) atoms. The van der Waals surface area contributed by atoms with Crippen molar-refractivity contribution in [3.8, 4) is 0 Å². The maximum Gasteiger partial charge on any atom is 0.419 e. The van der Waals surface area contributed by atoms with E-state index in [2.05, 4.69) is 0 Å². The van der Waals surface area contributed by atoms with E-state index in [9.17, 15) is 27.2 Å². The van der Waals surface area contributed by atoms with Crippen LogP contribution in [0.25, 0.3) is 0 Å². The van der Waals surface area contributed by atoms with Gasteiger partial charge < -0.3 is 10.6 Å². The molecule has 0 saturated heterocycles. The topological polar surface area (TPSA) is 63.4 Å². The summed E-state index contributed by atoms with van der Waals surface area (Å²) in [5.74, 6) is -3.29. The zero-order valence-electron chi connectivity index (χ0n) is 14.3. The number of alkyl halides is 3. The van der Waals surface area contributed by atoms with Crippen molar-refractivity contribution >= 4 is 17.5 Å². The molecule has 0 aliphatic carbocycles. The molecule has 0 fully saturated rings. The number of hydrogen-bond acceptors (Lipinski definition) is 2. The van der Waals surface area contributed by atoms with Crippen LogP contribution in [-0.2, 0) is 11.0 Å². The monoisotopic (exact) mass is 380 g/mol. The van der Waals surface area contributed by atoms with Crippen LogP contribution >= 0.6 is 0 Å². The van der Waals surface area contributed by atoms with Crippen LogP contribution in [-0.4, -0.2) is 17.9 Å². The number of para-hydroxylation sites is 1. The average molecular weight is 380 g/mol. The Morgan fingerprint density at radius 2 is 1.81 bits per heavy atom. The van der Waals surface area contributed by atoms with Crippen LogP contribution in [0.2, 0.25) is 0 Å². The van der Waals surface area contributed by atoms with E-state index in [0.717, 1.165) is 6.07 Å². The lowest BCUT2D eigenvalue weighted by Gasteiger charge is -2.38. The van der Waals surface area contributed by atoms with Crippen LogP contribution in [0.15, 0.2) is 42.5 Å². The molecule has 0 aromatic heterocycles. The molecule has 1 aliphatic rings. The second kappa shape index (κ2) is 6.68. The molecular weight excluding hydrogens is 364 g/mol. The summed E-state index contributed by atoms with van der Waals surface area (Å²) < 4.78 is 52.5. The molecule has 4 nitrogen and oxygen atoms in total. The standard InChI is InChI=1S/C19H16F4N2O2/c1-10-8-13(17(24)26)12-4-2-3-5-16(12)25(10)18(27)11-6-7-15(20)14(9-11)19(21,22)23/h2-7,9-10,13H,8H2,1H3,(H2,24,26)/t10-,13+/m1/s1. The van der Waals surface area contributed by atoms with Gasteiger partial charge >= 0.3 is 6.18 Å². The number of primary amides is 1. The highest BCUT2D eigenvalue weighted by Gasteiger charge is 2.38. The van der Waals surface area contributed by atoms with Crippen LogP contribution in [0.4, 0.5) is 23.2 Å². The fourth-order valence-electron chi connectivity index (χ4n) is 3.41. The van der Waals surface area contributed by atoms with Gasteiger partial charge in [0.2, 0.25) is 5.91 Å². The second-order valence-corrected chi connectivity index (χ2v) is 6.47. The van der Waals surface area contributed by atoms with Crippen molar-refractivity contribution in [2.45, 2.75) is 31.5 Å².